The molecule has 31 heteroatoms. The van der Waals surface area contributed by atoms with Crippen molar-refractivity contribution in [2.24, 2.45) is 40.9 Å². The molecule has 6 aromatic rings. The monoisotopic (exact) mass is 1260 g/mol. The SMILES string of the molecule is CCc1cc(N=Nc2cc(OCCS(=O)(=O)O)c(NC(=O)Nc3cc(C)c(N=Nc4ccc(N=Nc5ccc(OCCS(=O)(=O)O)cc5CC)c(CC)c4)cc3OCCS(=O)(=O)O)cc2C)ccc1N=Nc1ccc(OCCS(=O)(=O)O)cc1CC. The molecule has 0 unspecified atom stereocenters. The number of urea groups is 1. The largest absolute Gasteiger partial charge is 0.492 e. The standard InChI is InChI=1S/C55H64N10O17S4/c1-7-37-29-41(11-15-45(37)60-62-47-17-13-43(31-39(47)9-3)79-19-23-83(67,68)69)58-64-49-33-53(81-21-25-85(73,74)75)51(27-35(49)5)56-55(66)57-52-28-36(6)50(34-54(52)82-22-26-86(76,77)78)65-59-42-12-16-46(38(8-2)30-42)61-63-48-18-14-44(32-40(48)10-4)80-20-24-84(70,71)72/h11-18,27-34H,7-10,19-26H2,1-6H3,(H2,56,57,66)(H,67,68,69)(H,70,71,72)(H,73,74,75)(H,76,77,78). The maximum Gasteiger partial charge on any atom is 0.323 e. The summed E-state index contributed by atoms with van der Waals surface area (Å²) in [6.45, 7) is 9.49. The van der Waals surface area contributed by atoms with Crippen molar-refractivity contribution in [1.82, 2.24) is 0 Å². The van der Waals surface area contributed by atoms with Gasteiger partial charge in [-0.25, -0.2) is 4.79 Å². The fourth-order valence-corrected chi connectivity index (χ4v) is 9.03. The fourth-order valence-electron chi connectivity index (χ4n) is 7.86. The summed E-state index contributed by atoms with van der Waals surface area (Å²) in [5.41, 5.74) is 7.82. The number of nitrogens with one attached hydrogen (secondary N) is 2. The summed E-state index contributed by atoms with van der Waals surface area (Å²) in [5, 5.41) is 40.8. The number of amides is 2. The molecule has 0 saturated heterocycles. The highest BCUT2D eigenvalue weighted by atomic mass is 32.2. The van der Waals surface area contributed by atoms with Crippen LogP contribution in [0.15, 0.2) is 138 Å². The zero-order valence-electron chi connectivity index (χ0n) is 47.5. The average molecular weight is 1270 g/mol. The summed E-state index contributed by atoms with van der Waals surface area (Å²) < 4.78 is 150. The van der Waals surface area contributed by atoms with Crippen LogP contribution >= 0.6 is 0 Å². The number of carbonyl (C=O) groups excluding carboxylic acids is 1. The Balaban J connectivity index is 1.20. The lowest BCUT2D eigenvalue weighted by Crippen LogP contribution is -2.21. The van der Waals surface area contributed by atoms with Gasteiger partial charge in [0, 0.05) is 12.1 Å². The van der Waals surface area contributed by atoms with E-state index in [2.05, 4.69) is 51.5 Å². The molecule has 6 aromatic carbocycles. The van der Waals surface area contributed by atoms with Gasteiger partial charge in [-0.2, -0.15) is 74.6 Å². The Morgan fingerprint density at radius 1 is 0.384 bits per heavy atom. The van der Waals surface area contributed by atoms with E-state index in [1.165, 1.54) is 24.3 Å². The van der Waals surface area contributed by atoms with Crippen molar-refractivity contribution < 1.29 is 75.6 Å². The van der Waals surface area contributed by atoms with Crippen LogP contribution in [0.4, 0.5) is 61.7 Å². The first-order valence-electron chi connectivity index (χ1n) is 26.5. The lowest BCUT2D eigenvalue weighted by atomic mass is 10.1. The number of aryl methyl sites for hydroxylation is 6. The molecule has 0 radical (unpaired) electrons. The summed E-state index contributed by atoms with van der Waals surface area (Å²) in [5.74, 6) is -2.00. The third-order valence-corrected chi connectivity index (χ3v) is 15.1. The Kier molecular flexibility index (Phi) is 23.6. The highest BCUT2D eigenvalue weighted by Gasteiger charge is 2.19. The molecule has 0 bridgehead atoms. The van der Waals surface area contributed by atoms with Gasteiger partial charge in [0.1, 0.15) is 72.4 Å². The third-order valence-electron chi connectivity index (χ3n) is 12.3. The van der Waals surface area contributed by atoms with E-state index < -0.39 is 82.7 Å². The zero-order valence-corrected chi connectivity index (χ0v) is 50.8. The van der Waals surface area contributed by atoms with Gasteiger partial charge in [-0.05, 0) is 158 Å². The molecular formula is C55H64N10O17S4. The van der Waals surface area contributed by atoms with Gasteiger partial charge in [0.2, 0.25) is 0 Å². The molecule has 0 atom stereocenters. The Morgan fingerprint density at radius 2 is 0.674 bits per heavy atom. The van der Waals surface area contributed by atoms with Crippen molar-refractivity contribution in [3.8, 4) is 23.0 Å². The Hall–Kier alpha value is -8.17. The van der Waals surface area contributed by atoms with Crippen LogP contribution in [0.1, 0.15) is 61.1 Å². The molecule has 0 heterocycles. The summed E-state index contributed by atoms with van der Waals surface area (Å²) in [7, 11) is -17.3. The summed E-state index contributed by atoms with van der Waals surface area (Å²) in [6.07, 6.45) is 2.21. The molecule has 6 N–H and O–H groups in total. The first-order chi connectivity index (χ1) is 40.6. The molecule has 86 heavy (non-hydrogen) atoms. The highest BCUT2D eigenvalue weighted by molar-refractivity contribution is 7.86. The molecule has 2 amide bonds. The van der Waals surface area contributed by atoms with E-state index in [1.54, 1.807) is 86.6 Å². The van der Waals surface area contributed by atoms with Gasteiger partial charge >= 0.3 is 6.03 Å². The number of azo groups is 4. The normalized spacial score (nSPS) is 12.4. The second-order valence-electron chi connectivity index (χ2n) is 18.8. The van der Waals surface area contributed by atoms with Crippen LogP contribution in [0.3, 0.4) is 0 Å². The van der Waals surface area contributed by atoms with Gasteiger partial charge in [-0.3, -0.25) is 18.2 Å². The smallest absolute Gasteiger partial charge is 0.323 e. The molecule has 6 rings (SSSR count). The first kappa shape index (κ1) is 67.0. The van der Waals surface area contributed by atoms with E-state index in [4.69, 9.17) is 28.1 Å². The van der Waals surface area contributed by atoms with Crippen LogP contribution in [0.25, 0.3) is 0 Å². The van der Waals surface area contributed by atoms with Crippen molar-refractivity contribution in [2.75, 3.05) is 60.1 Å². The molecule has 0 saturated carbocycles. The molecule has 0 fully saturated rings. The summed E-state index contributed by atoms with van der Waals surface area (Å²) in [4.78, 5) is 13.8. The van der Waals surface area contributed by atoms with Crippen molar-refractivity contribution in [2.45, 2.75) is 67.2 Å². The molecule has 0 aliphatic rings. The minimum absolute atomic E-state index is 0.0427. The van der Waals surface area contributed by atoms with Gasteiger partial charge in [0.05, 0.1) is 56.9 Å². The molecular weight excluding hydrogens is 1200 g/mol. The van der Waals surface area contributed by atoms with E-state index in [-0.39, 0.29) is 47.5 Å². The second-order valence-corrected chi connectivity index (χ2v) is 25.1. The quantitative estimate of drug-likeness (QED) is 0.0180. The van der Waals surface area contributed by atoms with Crippen LogP contribution < -0.4 is 29.6 Å². The minimum atomic E-state index is -4.47. The van der Waals surface area contributed by atoms with E-state index >= 15 is 0 Å². The van der Waals surface area contributed by atoms with Crippen molar-refractivity contribution in [3.05, 3.63) is 130 Å². The van der Waals surface area contributed by atoms with Crippen LogP contribution in [0.5, 0.6) is 23.0 Å². The molecule has 0 aliphatic carbocycles. The number of hydrogen-bond donors (Lipinski definition) is 6. The van der Waals surface area contributed by atoms with Crippen molar-refractivity contribution in [3.63, 3.8) is 0 Å². The average Bonchev–Trinajstić information content (AvgIpc) is 2.05. The topological polar surface area (TPSA) is 394 Å². The molecule has 0 aliphatic heterocycles. The Labute approximate surface area is 498 Å². The van der Waals surface area contributed by atoms with E-state index in [0.29, 0.717) is 82.4 Å². The Bertz CT molecular complexity index is 3780. The van der Waals surface area contributed by atoms with Crippen LogP contribution in [-0.2, 0) is 66.2 Å². The number of anilines is 2. The first-order valence-corrected chi connectivity index (χ1v) is 32.9. The number of ether oxygens (including phenoxy) is 4. The number of hydrogen-bond acceptors (Lipinski definition) is 21. The van der Waals surface area contributed by atoms with E-state index in [1.807, 2.05) is 27.7 Å². The molecule has 0 spiro atoms. The predicted molar refractivity (Wildman–Crippen MR) is 323 cm³/mol. The minimum Gasteiger partial charge on any atom is -0.492 e. The van der Waals surface area contributed by atoms with Gasteiger partial charge in [0.25, 0.3) is 40.5 Å². The number of benzene rings is 6. The second kappa shape index (κ2) is 30.3. The van der Waals surface area contributed by atoms with Crippen LogP contribution in [0.2, 0.25) is 0 Å². The lowest BCUT2D eigenvalue weighted by molar-refractivity contribution is 0.261. The number of nitrogens with zero attached hydrogens (tertiary/aromatic N) is 8. The van der Waals surface area contributed by atoms with Crippen LogP contribution in [0, 0.1) is 13.8 Å². The number of rotatable bonds is 30. The number of carbonyl (C=O) groups is 1. The predicted octanol–water partition coefficient (Wildman–Crippen LogP) is 12.9. The van der Waals surface area contributed by atoms with E-state index in [9.17, 15) is 47.6 Å². The molecule has 460 valence electrons. The van der Waals surface area contributed by atoms with Gasteiger partial charge in [0.15, 0.2) is 0 Å². The summed E-state index contributed by atoms with van der Waals surface area (Å²) in [6, 6.07) is 25.3. The van der Waals surface area contributed by atoms with E-state index in [0.717, 1.165) is 22.3 Å². The van der Waals surface area contributed by atoms with Gasteiger partial charge < -0.3 is 29.6 Å². The third kappa shape index (κ3) is 21.7. The Morgan fingerprint density at radius 3 is 0.988 bits per heavy atom. The zero-order chi connectivity index (χ0) is 62.8. The maximum absolute atomic E-state index is 13.8. The van der Waals surface area contributed by atoms with Crippen molar-refractivity contribution >= 4 is 103 Å². The van der Waals surface area contributed by atoms with Gasteiger partial charge in [-0.15, -0.1) is 0 Å². The van der Waals surface area contributed by atoms with Crippen molar-refractivity contribution in [1.29, 1.82) is 0 Å². The lowest BCUT2D eigenvalue weighted by Gasteiger charge is -2.17. The highest BCUT2D eigenvalue weighted by Crippen LogP contribution is 2.39. The molecule has 0 aromatic heterocycles. The summed E-state index contributed by atoms with van der Waals surface area (Å²) >= 11 is 0. The van der Waals surface area contributed by atoms with Gasteiger partial charge in [-0.1, -0.05) is 27.7 Å². The van der Waals surface area contributed by atoms with Crippen LogP contribution in [-0.4, -0.2) is 107 Å². The maximum atomic E-state index is 13.8. The molecule has 27 nitrogen and oxygen atoms in total. The fraction of sp³-hybridized carbons (Fsp3) is 0.327.